The molecule has 2 heterocycles. The molecule has 1 N–H and O–H groups in total. The molecule has 21 heavy (non-hydrogen) atoms. The minimum Gasteiger partial charge on any atom is -0.457 e. The maximum Gasteiger partial charge on any atom is 0.231 e. The molecule has 0 aliphatic carbocycles. The van der Waals surface area contributed by atoms with Crippen molar-refractivity contribution < 1.29 is 14.2 Å². The van der Waals surface area contributed by atoms with Gasteiger partial charge in [-0.15, -0.1) is 0 Å². The summed E-state index contributed by atoms with van der Waals surface area (Å²) in [4.78, 5) is 4.16. The molecule has 0 bridgehead atoms. The molecular weight excluding hydrogens is 268 g/mol. The summed E-state index contributed by atoms with van der Waals surface area (Å²) in [7, 11) is 0. The second-order valence-electron chi connectivity index (χ2n) is 5.14. The Balaban J connectivity index is 1.78. The Kier molecular flexibility index (Phi) is 3.92. The number of aromatic nitrogens is 1. The first-order valence-corrected chi connectivity index (χ1v) is 6.96. The zero-order valence-electron chi connectivity index (χ0n) is 12.1. The van der Waals surface area contributed by atoms with Gasteiger partial charge in [0.1, 0.15) is 11.5 Å². The van der Waals surface area contributed by atoms with Gasteiger partial charge in [0.25, 0.3) is 0 Å². The summed E-state index contributed by atoms with van der Waals surface area (Å²) in [6, 6.07) is 7.83. The van der Waals surface area contributed by atoms with Gasteiger partial charge in [0.05, 0.1) is 0 Å². The summed E-state index contributed by atoms with van der Waals surface area (Å²) in [5, 5.41) is 3.36. The van der Waals surface area contributed by atoms with Crippen LogP contribution in [0.15, 0.2) is 36.7 Å². The number of fused-ring (bicyclic) bond motifs is 1. The SMILES string of the molecule is CC(C)NCc1cnccc1Oc1ccc2c(c1)OCO2. The van der Waals surface area contributed by atoms with Crippen LogP contribution in [0.1, 0.15) is 19.4 Å². The van der Waals surface area contributed by atoms with Crippen molar-refractivity contribution in [2.75, 3.05) is 6.79 Å². The molecule has 0 radical (unpaired) electrons. The number of hydrogen-bond acceptors (Lipinski definition) is 5. The van der Waals surface area contributed by atoms with Gasteiger partial charge in [-0.25, -0.2) is 0 Å². The van der Waals surface area contributed by atoms with Gasteiger partial charge in [0.15, 0.2) is 11.5 Å². The molecule has 5 heteroatoms. The minimum atomic E-state index is 0.262. The maximum atomic E-state index is 5.95. The highest BCUT2D eigenvalue weighted by molar-refractivity contribution is 5.48. The molecule has 2 aromatic rings. The van der Waals surface area contributed by atoms with E-state index in [4.69, 9.17) is 14.2 Å². The molecule has 1 aromatic carbocycles. The van der Waals surface area contributed by atoms with Crippen LogP contribution in [-0.4, -0.2) is 17.8 Å². The van der Waals surface area contributed by atoms with Crippen molar-refractivity contribution in [2.24, 2.45) is 0 Å². The monoisotopic (exact) mass is 286 g/mol. The number of ether oxygens (including phenoxy) is 3. The van der Waals surface area contributed by atoms with Gasteiger partial charge in [-0.1, -0.05) is 13.8 Å². The van der Waals surface area contributed by atoms with E-state index in [9.17, 15) is 0 Å². The molecule has 1 aromatic heterocycles. The predicted molar refractivity (Wildman–Crippen MR) is 78.9 cm³/mol. The van der Waals surface area contributed by atoms with Crippen molar-refractivity contribution >= 4 is 0 Å². The highest BCUT2D eigenvalue weighted by Crippen LogP contribution is 2.37. The van der Waals surface area contributed by atoms with Gasteiger partial charge < -0.3 is 19.5 Å². The minimum absolute atomic E-state index is 0.262. The van der Waals surface area contributed by atoms with Crippen LogP contribution >= 0.6 is 0 Å². The summed E-state index contributed by atoms with van der Waals surface area (Å²) in [6.07, 6.45) is 3.54. The third-order valence-electron chi connectivity index (χ3n) is 3.13. The number of hydrogen-bond donors (Lipinski definition) is 1. The van der Waals surface area contributed by atoms with Crippen LogP contribution in [-0.2, 0) is 6.54 Å². The second kappa shape index (κ2) is 6.01. The molecule has 3 rings (SSSR count). The number of rotatable bonds is 5. The van der Waals surface area contributed by atoms with Crippen LogP contribution in [0.4, 0.5) is 0 Å². The van der Waals surface area contributed by atoms with Crippen LogP contribution in [0.3, 0.4) is 0 Å². The van der Waals surface area contributed by atoms with Crippen molar-refractivity contribution in [1.82, 2.24) is 10.3 Å². The molecule has 0 spiro atoms. The number of nitrogens with one attached hydrogen (secondary N) is 1. The lowest BCUT2D eigenvalue weighted by Crippen LogP contribution is -2.22. The van der Waals surface area contributed by atoms with Crippen LogP contribution < -0.4 is 19.5 Å². The number of pyridine rings is 1. The van der Waals surface area contributed by atoms with Gasteiger partial charge in [0, 0.05) is 36.6 Å². The van der Waals surface area contributed by atoms with Crippen molar-refractivity contribution in [2.45, 2.75) is 26.4 Å². The molecule has 0 saturated heterocycles. The van der Waals surface area contributed by atoms with Gasteiger partial charge in [-0.2, -0.15) is 0 Å². The first-order chi connectivity index (χ1) is 10.2. The lowest BCUT2D eigenvalue weighted by atomic mass is 10.2. The quantitative estimate of drug-likeness (QED) is 0.915. The topological polar surface area (TPSA) is 52.6 Å². The Morgan fingerprint density at radius 1 is 1.24 bits per heavy atom. The van der Waals surface area contributed by atoms with Gasteiger partial charge in [0.2, 0.25) is 6.79 Å². The second-order valence-corrected chi connectivity index (χ2v) is 5.14. The van der Waals surface area contributed by atoms with E-state index in [1.807, 2.05) is 30.5 Å². The fraction of sp³-hybridized carbons (Fsp3) is 0.312. The average Bonchev–Trinajstić information content (AvgIpc) is 2.94. The summed E-state index contributed by atoms with van der Waals surface area (Å²) in [5.74, 6) is 2.97. The van der Waals surface area contributed by atoms with E-state index in [1.54, 1.807) is 6.20 Å². The summed E-state index contributed by atoms with van der Waals surface area (Å²) < 4.78 is 16.6. The Morgan fingerprint density at radius 3 is 2.95 bits per heavy atom. The van der Waals surface area contributed by atoms with Gasteiger partial charge in [-0.05, 0) is 18.2 Å². The fourth-order valence-electron chi connectivity index (χ4n) is 2.03. The first kappa shape index (κ1) is 13.7. The van der Waals surface area contributed by atoms with E-state index in [1.165, 1.54) is 0 Å². The molecular formula is C16H18N2O3. The van der Waals surface area contributed by atoms with Gasteiger partial charge >= 0.3 is 0 Å². The lowest BCUT2D eigenvalue weighted by Gasteiger charge is -2.13. The van der Waals surface area contributed by atoms with Crippen molar-refractivity contribution in [3.05, 3.63) is 42.2 Å². The van der Waals surface area contributed by atoms with E-state index in [2.05, 4.69) is 24.1 Å². The van der Waals surface area contributed by atoms with Crippen LogP contribution in [0, 0.1) is 0 Å². The smallest absolute Gasteiger partial charge is 0.231 e. The molecule has 0 atom stereocenters. The molecule has 1 aliphatic heterocycles. The van der Waals surface area contributed by atoms with Crippen molar-refractivity contribution in [3.63, 3.8) is 0 Å². The molecule has 0 saturated carbocycles. The maximum absolute atomic E-state index is 5.95. The van der Waals surface area contributed by atoms with Crippen molar-refractivity contribution in [3.8, 4) is 23.0 Å². The van der Waals surface area contributed by atoms with Crippen molar-refractivity contribution in [1.29, 1.82) is 0 Å². The molecule has 0 amide bonds. The number of benzene rings is 1. The first-order valence-electron chi connectivity index (χ1n) is 6.96. The third kappa shape index (κ3) is 3.25. The fourth-order valence-corrected chi connectivity index (χ4v) is 2.03. The van der Waals surface area contributed by atoms with E-state index < -0.39 is 0 Å². The van der Waals surface area contributed by atoms with E-state index >= 15 is 0 Å². The highest BCUT2D eigenvalue weighted by atomic mass is 16.7. The molecule has 110 valence electrons. The normalized spacial score (nSPS) is 12.7. The average molecular weight is 286 g/mol. The van der Waals surface area contributed by atoms with E-state index in [0.717, 1.165) is 22.8 Å². The zero-order chi connectivity index (χ0) is 14.7. The molecule has 5 nitrogen and oxygen atoms in total. The molecule has 0 unspecified atom stereocenters. The Morgan fingerprint density at radius 2 is 2.10 bits per heavy atom. The highest BCUT2D eigenvalue weighted by Gasteiger charge is 2.14. The standard InChI is InChI=1S/C16H18N2O3/c1-11(2)18-9-12-8-17-6-5-14(12)21-13-3-4-15-16(7-13)20-10-19-15/h3-8,11,18H,9-10H2,1-2H3. The third-order valence-corrected chi connectivity index (χ3v) is 3.13. The Bertz CT molecular complexity index is 629. The largest absolute Gasteiger partial charge is 0.457 e. The van der Waals surface area contributed by atoms with Crippen LogP contribution in [0.25, 0.3) is 0 Å². The van der Waals surface area contributed by atoms with E-state index in [-0.39, 0.29) is 6.79 Å². The summed E-state index contributed by atoms with van der Waals surface area (Å²) in [5.41, 5.74) is 1.02. The van der Waals surface area contributed by atoms with Gasteiger partial charge in [-0.3, -0.25) is 4.98 Å². The Labute approximate surface area is 123 Å². The Hall–Kier alpha value is -2.27. The van der Waals surface area contributed by atoms with Crippen LogP contribution in [0.5, 0.6) is 23.0 Å². The zero-order valence-corrected chi connectivity index (χ0v) is 12.1. The lowest BCUT2D eigenvalue weighted by molar-refractivity contribution is 0.174. The van der Waals surface area contributed by atoms with E-state index in [0.29, 0.717) is 18.3 Å². The summed E-state index contributed by atoms with van der Waals surface area (Å²) in [6.45, 7) is 5.19. The summed E-state index contributed by atoms with van der Waals surface area (Å²) >= 11 is 0. The predicted octanol–water partition coefficient (Wildman–Crippen LogP) is 3.10. The molecule has 1 aliphatic rings. The molecule has 0 fully saturated rings. The number of nitrogens with zero attached hydrogens (tertiary/aromatic N) is 1. The van der Waals surface area contributed by atoms with Crippen LogP contribution in [0.2, 0.25) is 0 Å².